The molecule has 0 rings (SSSR count). The fourth-order valence-corrected chi connectivity index (χ4v) is 5.23. The highest BCUT2D eigenvalue weighted by atomic mass is 35.5. The van der Waals surface area contributed by atoms with Gasteiger partial charge >= 0.3 is 0 Å². The Morgan fingerprint density at radius 2 is 0.471 bits per heavy atom. The van der Waals surface area contributed by atoms with Crippen molar-refractivity contribution in [3.8, 4) is 0 Å². The molecule has 0 heterocycles. The van der Waals surface area contributed by atoms with Gasteiger partial charge in [0.25, 0.3) is 0 Å². The lowest BCUT2D eigenvalue weighted by Gasteiger charge is -2.30. The molecular formula is C32H68ClN. The number of rotatable bonds is 28. The van der Waals surface area contributed by atoms with E-state index in [1.54, 1.807) is 0 Å². The topological polar surface area (TPSA) is 0 Å². The minimum Gasteiger partial charge on any atom is -1.00 e. The minimum absolute atomic E-state index is 0. The summed E-state index contributed by atoms with van der Waals surface area (Å²) in [5, 5.41) is 0. The Morgan fingerprint density at radius 1 is 0.294 bits per heavy atom. The van der Waals surface area contributed by atoms with E-state index < -0.39 is 0 Å². The van der Waals surface area contributed by atoms with Crippen LogP contribution in [0, 0.1) is 0 Å². The molecule has 0 aromatic carbocycles. The Morgan fingerprint density at radius 3 is 0.676 bits per heavy atom. The van der Waals surface area contributed by atoms with Crippen LogP contribution in [-0.4, -0.2) is 31.7 Å². The van der Waals surface area contributed by atoms with Gasteiger partial charge in [0.2, 0.25) is 0 Å². The maximum Gasteiger partial charge on any atom is 0.0782 e. The van der Waals surface area contributed by atoms with Crippen LogP contribution in [0.15, 0.2) is 0 Å². The number of hydrogen-bond acceptors (Lipinski definition) is 0. The molecule has 0 unspecified atom stereocenters. The van der Waals surface area contributed by atoms with Crippen LogP contribution in [0.1, 0.15) is 181 Å². The lowest BCUT2D eigenvalue weighted by Crippen LogP contribution is -3.00. The van der Waals surface area contributed by atoms with Gasteiger partial charge in [0.1, 0.15) is 0 Å². The molecule has 0 N–H and O–H groups in total. The summed E-state index contributed by atoms with van der Waals surface area (Å²) < 4.78 is 1.25. The highest BCUT2D eigenvalue weighted by molar-refractivity contribution is 4.51. The number of hydrogen-bond donors (Lipinski definition) is 0. The first-order chi connectivity index (χ1) is 16.1. The van der Waals surface area contributed by atoms with E-state index in [1.165, 1.54) is 185 Å². The summed E-state index contributed by atoms with van der Waals surface area (Å²) in [5.74, 6) is 0. The van der Waals surface area contributed by atoms with E-state index in [0.29, 0.717) is 0 Å². The van der Waals surface area contributed by atoms with Crippen LogP contribution < -0.4 is 12.4 Å². The van der Waals surface area contributed by atoms with E-state index in [0.717, 1.165) is 0 Å². The number of nitrogens with zero attached hydrogens (tertiary/aromatic N) is 1. The standard InChI is InChI=1S/C32H68N.ClH/c1-5-7-9-11-13-15-17-19-20-22-24-26-28-30-32-33(3,4)31-29-27-25-23-21-18-16-14-12-10-8-6-2;/h5-32H2,1-4H3;1H/q+1;/p-1. The predicted molar refractivity (Wildman–Crippen MR) is 153 cm³/mol. The van der Waals surface area contributed by atoms with Gasteiger partial charge in [-0.05, 0) is 25.7 Å². The van der Waals surface area contributed by atoms with Gasteiger partial charge in [0.15, 0.2) is 0 Å². The summed E-state index contributed by atoms with van der Waals surface area (Å²) in [6.45, 7) is 7.38. The largest absolute Gasteiger partial charge is 1.00 e. The highest BCUT2D eigenvalue weighted by Gasteiger charge is 2.13. The van der Waals surface area contributed by atoms with Crippen molar-refractivity contribution >= 4 is 0 Å². The Labute approximate surface area is 224 Å². The van der Waals surface area contributed by atoms with Crippen molar-refractivity contribution in [2.75, 3.05) is 27.2 Å². The average Bonchev–Trinajstić information content (AvgIpc) is 2.80. The van der Waals surface area contributed by atoms with Gasteiger partial charge in [-0.3, -0.25) is 0 Å². The minimum atomic E-state index is 0. The van der Waals surface area contributed by atoms with Crippen LogP contribution in [-0.2, 0) is 0 Å². The fourth-order valence-electron chi connectivity index (χ4n) is 5.23. The van der Waals surface area contributed by atoms with Crippen LogP contribution in [0.5, 0.6) is 0 Å². The van der Waals surface area contributed by atoms with Gasteiger partial charge in [-0.25, -0.2) is 0 Å². The molecule has 34 heavy (non-hydrogen) atoms. The molecule has 0 atom stereocenters. The molecule has 0 spiro atoms. The third kappa shape index (κ3) is 30.3. The summed E-state index contributed by atoms with van der Waals surface area (Å²) in [7, 11) is 4.92. The average molecular weight is 502 g/mol. The smallest absolute Gasteiger partial charge is 0.0782 e. The molecule has 0 aromatic heterocycles. The van der Waals surface area contributed by atoms with Crippen molar-refractivity contribution < 1.29 is 16.9 Å². The third-order valence-electron chi connectivity index (χ3n) is 7.73. The summed E-state index contributed by atoms with van der Waals surface area (Å²) in [4.78, 5) is 0. The van der Waals surface area contributed by atoms with E-state index in [9.17, 15) is 0 Å². The van der Waals surface area contributed by atoms with Crippen LogP contribution in [0.25, 0.3) is 0 Å². The van der Waals surface area contributed by atoms with Crippen LogP contribution in [0.4, 0.5) is 0 Å². The monoisotopic (exact) mass is 502 g/mol. The lowest BCUT2D eigenvalue weighted by molar-refractivity contribution is -0.890. The molecule has 0 saturated carbocycles. The second-order valence-electron chi connectivity index (χ2n) is 11.9. The summed E-state index contributed by atoms with van der Waals surface area (Å²) in [6.07, 6.45) is 38.0. The lowest BCUT2D eigenvalue weighted by atomic mass is 10.0. The third-order valence-corrected chi connectivity index (χ3v) is 7.73. The van der Waals surface area contributed by atoms with Crippen LogP contribution in [0.2, 0.25) is 0 Å². The number of quaternary nitrogens is 1. The zero-order valence-electron chi connectivity index (χ0n) is 24.6. The van der Waals surface area contributed by atoms with Crippen molar-refractivity contribution in [2.24, 2.45) is 0 Å². The molecule has 0 aliphatic heterocycles. The van der Waals surface area contributed by atoms with Crippen molar-refractivity contribution in [3.63, 3.8) is 0 Å². The van der Waals surface area contributed by atoms with E-state index >= 15 is 0 Å². The van der Waals surface area contributed by atoms with Gasteiger partial charge in [0.05, 0.1) is 27.2 Å². The van der Waals surface area contributed by atoms with E-state index in [4.69, 9.17) is 0 Å². The Bertz CT molecular complexity index is 355. The van der Waals surface area contributed by atoms with E-state index in [1.807, 2.05) is 0 Å². The van der Waals surface area contributed by atoms with Crippen molar-refractivity contribution in [3.05, 3.63) is 0 Å². The normalized spacial score (nSPS) is 11.6. The maximum absolute atomic E-state index is 2.46. The Hall–Kier alpha value is 0.250. The second kappa shape index (κ2) is 29.5. The quantitative estimate of drug-likeness (QED) is 0.0747. The van der Waals surface area contributed by atoms with Crippen molar-refractivity contribution in [2.45, 2.75) is 181 Å². The first kappa shape index (κ1) is 36.4. The molecule has 0 aromatic rings. The summed E-state index contributed by atoms with van der Waals surface area (Å²) >= 11 is 0. The van der Waals surface area contributed by atoms with Gasteiger partial charge in [-0.15, -0.1) is 0 Å². The zero-order valence-corrected chi connectivity index (χ0v) is 25.4. The maximum atomic E-state index is 2.46. The fraction of sp³-hybridized carbons (Fsp3) is 1.00. The van der Waals surface area contributed by atoms with Gasteiger partial charge in [-0.2, -0.15) is 0 Å². The highest BCUT2D eigenvalue weighted by Crippen LogP contribution is 2.15. The molecule has 0 aliphatic rings. The Kier molecular flexibility index (Phi) is 31.6. The van der Waals surface area contributed by atoms with Crippen molar-refractivity contribution in [1.29, 1.82) is 0 Å². The van der Waals surface area contributed by atoms with Crippen LogP contribution in [0.3, 0.4) is 0 Å². The van der Waals surface area contributed by atoms with Gasteiger partial charge in [-0.1, -0.05) is 155 Å². The second-order valence-corrected chi connectivity index (χ2v) is 11.9. The molecule has 0 fully saturated rings. The molecule has 0 amide bonds. The first-order valence-electron chi connectivity index (χ1n) is 15.9. The molecular weight excluding hydrogens is 434 g/mol. The Balaban J connectivity index is 0. The number of halogens is 1. The van der Waals surface area contributed by atoms with Gasteiger partial charge in [0, 0.05) is 0 Å². The van der Waals surface area contributed by atoms with Gasteiger partial charge < -0.3 is 16.9 Å². The molecule has 1 nitrogen and oxygen atoms in total. The molecule has 2 heteroatoms. The van der Waals surface area contributed by atoms with E-state index in [-0.39, 0.29) is 12.4 Å². The predicted octanol–water partition coefficient (Wildman–Crippen LogP) is 8.25. The molecule has 0 saturated heterocycles. The van der Waals surface area contributed by atoms with Crippen LogP contribution >= 0.6 is 0 Å². The zero-order chi connectivity index (χ0) is 24.3. The first-order valence-corrected chi connectivity index (χ1v) is 15.9. The summed E-state index contributed by atoms with van der Waals surface area (Å²) in [6, 6.07) is 0. The van der Waals surface area contributed by atoms with Crippen molar-refractivity contribution in [1.82, 2.24) is 0 Å². The van der Waals surface area contributed by atoms with E-state index in [2.05, 4.69) is 27.9 Å². The summed E-state index contributed by atoms with van der Waals surface area (Å²) in [5.41, 5.74) is 0. The molecule has 208 valence electrons. The molecule has 0 radical (unpaired) electrons. The SMILES string of the molecule is CCCCCCCCCCCCCCCC[N+](C)(C)CCCCCCCCCCCCCC.[Cl-]. The molecule has 0 bridgehead atoms. The molecule has 0 aliphatic carbocycles. The number of unbranched alkanes of at least 4 members (excludes halogenated alkanes) is 24.